The number of amides is 1. The van der Waals surface area contributed by atoms with Crippen LogP contribution in [0.5, 0.6) is 0 Å². The molecule has 0 saturated heterocycles. The molecule has 1 amide bonds. The van der Waals surface area contributed by atoms with Gasteiger partial charge >= 0.3 is 5.97 Å². The number of unbranched alkanes of at least 4 members (excludes halogenated alkanes) is 1. The fourth-order valence-corrected chi connectivity index (χ4v) is 4.09. The number of carbonyl (C=O) groups is 2. The van der Waals surface area contributed by atoms with Gasteiger partial charge in [0.15, 0.2) is 0 Å². The molecular weight excluding hydrogens is 298 g/mol. The van der Waals surface area contributed by atoms with Crippen LogP contribution in [0.25, 0.3) is 0 Å². The van der Waals surface area contributed by atoms with E-state index in [1.165, 1.54) is 30.6 Å². The van der Waals surface area contributed by atoms with Gasteiger partial charge in [0.2, 0.25) is 5.91 Å². The quantitative estimate of drug-likeness (QED) is 0.798. The van der Waals surface area contributed by atoms with Crippen molar-refractivity contribution in [1.29, 1.82) is 0 Å². The van der Waals surface area contributed by atoms with Gasteiger partial charge in [-0.2, -0.15) is 0 Å². The molecule has 122 valence electrons. The summed E-state index contributed by atoms with van der Waals surface area (Å²) in [6.07, 6.45) is 7.87. The number of nitrogens with one attached hydrogen (secondary N) is 1. The Bertz CT molecular complexity index is 530. The number of hydrogen-bond acceptors (Lipinski definition) is 3. The molecule has 4 nitrogen and oxygen atoms in total. The van der Waals surface area contributed by atoms with Crippen molar-refractivity contribution in [2.45, 2.75) is 58.8 Å². The Morgan fingerprint density at radius 1 is 1.32 bits per heavy atom. The number of carbonyl (C=O) groups excluding carboxylic acids is 1. The number of carboxylic acid groups (broad SMARTS) is 1. The van der Waals surface area contributed by atoms with Gasteiger partial charge in [-0.3, -0.25) is 4.79 Å². The molecule has 2 rings (SSSR count). The topological polar surface area (TPSA) is 66.4 Å². The summed E-state index contributed by atoms with van der Waals surface area (Å²) in [5.74, 6) is -0.203. The van der Waals surface area contributed by atoms with Crippen LogP contribution in [0.15, 0.2) is 6.07 Å². The zero-order valence-electron chi connectivity index (χ0n) is 13.4. The third-order valence-corrected chi connectivity index (χ3v) is 5.47. The zero-order chi connectivity index (χ0) is 16.1. The largest absolute Gasteiger partial charge is 0.478 e. The molecule has 0 radical (unpaired) electrons. The molecule has 0 spiro atoms. The number of aryl methyl sites for hydroxylation is 1. The first-order chi connectivity index (χ1) is 10.5. The Hall–Kier alpha value is -1.36. The Labute approximate surface area is 135 Å². The van der Waals surface area contributed by atoms with Gasteiger partial charge in [0, 0.05) is 10.8 Å². The second kappa shape index (κ2) is 7.77. The predicted molar refractivity (Wildman–Crippen MR) is 89.6 cm³/mol. The van der Waals surface area contributed by atoms with E-state index in [0.717, 1.165) is 36.5 Å². The smallest absolute Gasteiger partial charge is 0.338 e. The third kappa shape index (κ3) is 4.32. The lowest BCUT2D eigenvalue weighted by Gasteiger charge is -2.27. The van der Waals surface area contributed by atoms with Gasteiger partial charge in [-0.05, 0) is 44.6 Å². The lowest BCUT2D eigenvalue weighted by atomic mass is 9.79. The summed E-state index contributed by atoms with van der Waals surface area (Å²) in [4.78, 5) is 24.5. The molecule has 0 atom stereocenters. The Morgan fingerprint density at radius 2 is 2.00 bits per heavy atom. The normalized spacial score (nSPS) is 21.5. The van der Waals surface area contributed by atoms with Crippen LogP contribution in [-0.2, 0) is 4.79 Å². The van der Waals surface area contributed by atoms with Crippen molar-refractivity contribution in [3.8, 4) is 0 Å². The van der Waals surface area contributed by atoms with E-state index in [4.69, 9.17) is 0 Å². The standard InChI is InChI=1S/C17H25NO3S/c1-3-4-5-12-6-8-13(9-7-12)15(19)18-16-14(17(20)21)10-11(2)22-16/h10,12-13H,3-9H2,1-2H3,(H,18,19)(H,20,21). The van der Waals surface area contributed by atoms with Crippen LogP contribution in [0.2, 0.25) is 0 Å². The monoisotopic (exact) mass is 323 g/mol. The first kappa shape index (κ1) is 17.0. The highest BCUT2D eigenvalue weighted by atomic mass is 32.1. The van der Waals surface area contributed by atoms with E-state index in [-0.39, 0.29) is 17.4 Å². The second-order valence-electron chi connectivity index (χ2n) is 6.25. The molecule has 1 saturated carbocycles. The summed E-state index contributed by atoms with van der Waals surface area (Å²) in [5.41, 5.74) is 0.201. The van der Waals surface area contributed by atoms with Crippen LogP contribution in [-0.4, -0.2) is 17.0 Å². The molecule has 0 unspecified atom stereocenters. The van der Waals surface area contributed by atoms with E-state index >= 15 is 0 Å². The van der Waals surface area contributed by atoms with Gasteiger partial charge < -0.3 is 10.4 Å². The number of anilines is 1. The molecule has 1 aromatic rings. The maximum atomic E-state index is 12.4. The van der Waals surface area contributed by atoms with Crippen molar-refractivity contribution in [2.24, 2.45) is 11.8 Å². The van der Waals surface area contributed by atoms with Gasteiger partial charge in [0.1, 0.15) is 5.00 Å². The Morgan fingerprint density at radius 3 is 2.59 bits per heavy atom. The number of rotatable bonds is 6. The summed E-state index contributed by atoms with van der Waals surface area (Å²) < 4.78 is 0. The van der Waals surface area contributed by atoms with Gasteiger partial charge in [-0.1, -0.05) is 26.2 Å². The molecule has 2 N–H and O–H groups in total. The molecule has 5 heteroatoms. The highest BCUT2D eigenvalue weighted by molar-refractivity contribution is 7.16. The second-order valence-corrected chi connectivity index (χ2v) is 7.51. The van der Waals surface area contributed by atoms with E-state index in [1.807, 2.05) is 6.92 Å². The summed E-state index contributed by atoms with van der Waals surface area (Å²) >= 11 is 1.33. The van der Waals surface area contributed by atoms with Crippen molar-refractivity contribution < 1.29 is 14.7 Å². The van der Waals surface area contributed by atoms with Crippen LogP contribution >= 0.6 is 11.3 Å². The molecule has 1 aliphatic rings. The molecule has 1 aliphatic carbocycles. The summed E-state index contributed by atoms with van der Waals surface area (Å²) in [5, 5.41) is 12.5. The fraction of sp³-hybridized carbons (Fsp3) is 0.647. The maximum absolute atomic E-state index is 12.4. The van der Waals surface area contributed by atoms with E-state index in [2.05, 4.69) is 12.2 Å². The molecule has 1 fully saturated rings. The molecule has 1 aromatic heterocycles. The highest BCUT2D eigenvalue weighted by Gasteiger charge is 2.27. The van der Waals surface area contributed by atoms with E-state index in [0.29, 0.717) is 5.00 Å². The number of carboxylic acids is 1. The molecule has 1 heterocycles. The van der Waals surface area contributed by atoms with Crippen LogP contribution in [0.3, 0.4) is 0 Å². The van der Waals surface area contributed by atoms with Gasteiger partial charge in [0.05, 0.1) is 5.56 Å². The average Bonchev–Trinajstić information content (AvgIpc) is 2.86. The van der Waals surface area contributed by atoms with Crippen molar-refractivity contribution in [3.05, 3.63) is 16.5 Å². The first-order valence-corrected chi connectivity index (χ1v) is 8.97. The van der Waals surface area contributed by atoms with E-state index < -0.39 is 5.97 Å². The minimum Gasteiger partial charge on any atom is -0.478 e. The van der Waals surface area contributed by atoms with Crippen molar-refractivity contribution in [2.75, 3.05) is 5.32 Å². The Kier molecular flexibility index (Phi) is 6.00. The van der Waals surface area contributed by atoms with Crippen LogP contribution < -0.4 is 5.32 Å². The van der Waals surface area contributed by atoms with E-state index in [9.17, 15) is 14.7 Å². The number of thiophene rings is 1. The number of aromatic carboxylic acids is 1. The SMILES string of the molecule is CCCCC1CCC(C(=O)Nc2sc(C)cc2C(=O)O)CC1. The van der Waals surface area contributed by atoms with Gasteiger partial charge in [0.25, 0.3) is 0 Å². The molecule has 22 heavy (non-hydrogen) atoms. The van der Waals surface area contributed by atoms with E-state index in [1.54, 1.807) is 6.07 Å². The summed E-state index contributed by atoms with van der Waals surface area (Å²) in [6, 6.07) is 1.62. The Balaban J connectivity index is 1.90. The van der Waals surface area contributed by atoms with Crippen LogP contribution in [0, 0.1) is 18.8 Å². The molecular formula is C17H25NO3S. The fourth-order valence-electron chi connectivity index (χ4n) is 3.19. The summed E-state index contributed by atoms with van der Waals surface area (Å²) in [7, 11) is 0. The first-order valence-electron chi connectivity index (χ1n) is 8.15. The zero-order valence-corrected chi connectivity index (χ0v) is 14.2. The summed E-state index contributed by atoms with van der Waals surface area (Å²) in [6.45, 7) is 4.06. The van der Waals surface area contributed by atoms with Crippen molar-refractivity contribution in [3.63, 3.8) is 0 Å². The highest BCUT2D eigenvalue weighted by Crippen LogP contribution is 2.34. The lowest BCUT2D eigenvalue weighted by molar-refractivity contribution is -0.121. The van der Waals surface area contributed by atoms with Crippen LogP contribution in [0.1, 0.15) is 67.1 Å². The predicted octanol–water partition coefficient (Wildman–Crippen LogP) is 4.69. The van der Waals surface area contributed by atoms with Gasteiger partial charge in [-0.25, -0.2) is 4.79 Å². The minimum atomic E-state index is -0.983. The number of hydrogen-bond donors (Lipinski definition) is 2. The molecule has 0 bridgehead atoms. The molecule has 0 aromatic carbocycles. The lowest BCUT2D eigenvalue weighted by Crippen LogP contribution is -2.27. The van der Waals surface area contributed by atoms with Crippen molar-refractivity contribution >= 4 is 28.2 Å². The molecule has 0 aliphatic heterocycles. The average molecular weight is 323 g/mol. The minimum absolute atomic E-state index is 0.0155. The third-order valence-electron chi connectivity index (χ3n) is 4.51. The maximum Gasteiger partial charge on any atom is 0.338 e. The van der Waals surface area contributed by atoms with Gasteiger partial charge in [-0.15, -0.1) is 11.3 Å². The van der Waals surface area contributed by atoms with Crippen molar-refractivity contribution in [1.82, 2.24) is 0 Å². The van der Waals surface area contributed by atoms with Crippen LogP contribution in [0.4, 0.5) is 5.00 Å².